The monoisotopic (exact) mass is 223 g/mol. The maximum absolute atomic E-state index is 8.94. The summed E-state index contributed by atoms with van der Waals surface area (Å²) < 4.78 is 5.83. The zero-order chi connectivity index (χ0) is 12.1. The molecule has 0 heterocycles. The van der Waals surface area contributed by atoms with E-state index in [2.05, 4.69) is 5.32 Å². The highest BCUT2D eigenvalue weighted by molar-refractivity contribution is 5.39. The van der Waals surface area contributed by atoms with E-state index in [1.807, 2.05) is 45.9 Å². The molecule has 1 unspecified atom stereocenters. The Kier molecular flexibility index (Phi) is 4.77. The summed E-state index contributed by atoms with van der Waals surface area (Å²) in [4.78, 5) is 0. The highest BCUT2D eigenvalue weighted by Gasteiger charge is 2.10. The lowest BCUT2D eigenvalue weighted by Gasteiger charge is -2.22. The fourth-order valence-electron chi connectivity index (χ4n) is 1.65. The maximum atomic E-state index is 8.94. The van der Waals surface area contributed by atoms with Crippen LogP contribution in [0.1, 0.15) is 25.0 Å². The summed E-state index contributed by atoms with van der Waals surface area (Å²) in [6, 6.07) is 6.13. The quantitative estimate of drug-likeness (QED) is 0.750. The molecule has 1 rings (SSSR count). The molecule has 3 nitrogen and oxygen atoms in total. The Morgan fingerprint density at radius 2 is 1.81 bits per heavy atom. The minimum atomic E-state index is -0.109. The van der Waals surface area contributed by atoms with Gasteiger partial charge in [0.05, 0.1) is 6.61 Å². The van der Waals surface area contributed by atoms with Crippen molar-refractivity contribution in [1.29, 1.82) is 0 Å². The van der Waals surface area contributed by atoms with E-state index in [1.54, 1.807) is 0 Å². The van der Waals surface area contributed by atoms with Crippen molar-refractivity contribution in [3.8, 4) is 5.75 Å². The van der Waals surface area contributed by atoms with Gasteiger partial charge in [-0.1, -0.05) is 18.2 Å². The van der Waals surface area contributed by atoms with Crippen LogP contribution in [0.25, 0.3) is 0 Å². The zero-order valence-electron chi connectivity index (χ0n) is 10.4. The number of hydrogen-bond donors (Lipinski definition) is 2. The van der Waals surface area contributed by atoms with Crippen molar-refractivity contribution in [2.24, 2.45) is 0 Å². The highest BCUT2D eigenvalue weighted by atomic mass is 16.5. The Balaban J connectivity index is 2.66. The van der Waals surface area contributed by atoms with Crippen LogP contribution in [0, 0.1) is 13.8 Å². The average Bonchev–Trinajstić information content (AvgIpc) is 2.23. The number of aryl methyl sites for hydroxylation is 2. The molecule has 3 heteroatoms. The lowest BCUT2D eigenvalue weighted by Crippen LogP contribution is -2.40. The fourth-order valence-corrected chi connectivity index (χ4v) is 1.65. The van der Waals surface area contributed by atoms with Gasteiger partial charge in [-0.3, -0.25) is 5.32 Å². The molecule has 0 saturated heterocycles. The highest BCUT2D eigenvalue weighted by Crippen LogP contribution is 2.23. The van der Waals surface area contributed by atoms with Crippen LogP contribution in [0.3, 0.4) is 0 Å². The van der Waals surface area contributed by atoms with E-state index in [-0.39, 0.29) is 18.9 Å². The van der Waals surface area contributed by atoms with Crippen molar-refractivity contribution in [2.45, 2.75) is 40.0 Å². The van der Waals surface area contributed by atoms with Gasteiger partial charge in [0.15, 0.2) is 0 Å². The first kappa shape index (κ1) is 13.0. The molecule has 0 aromatic heterocycles. The number of hydrogen-bond acceptors (Lipinski definition) is 3. The van der Waals surface area contributed by atoms with Crippen LogP contribution in [-0.2, 0) is 0 Å². The molecule has 0 amide bonds. The molecule has 1 aromatic rings. The molecule has 0 radical (unpaired) electrons. The Morgan fingerprint density at radius 1 is 1.25 bits per heavy atom. The minimum Gasteiger partial charge on any atom is -0.475 e. The maximum Gasteiger partial charge on any atom is 0.147 e. The fraction of sp³-hybridized carbons (Fsp3) is 0.538. The van der Waals surface area contributed by atoms with Crippen LogP contribution in [0.5, 0.6) is 5.75 Å². The molecule has 90 valence electrons. The predicted molar refractivity (Wildman–Crippen MR) is 65.7 cm³/mol. The molecule has 0 spiro atoms. The molecule has 0 bridgehead atoms. The number of rotatable bonds is 5. The van der Waals surface area contributed by atoms with Gasteiger partial charge in [-0.15, -0.1) is 0 Å². The number of para-hydroxylation sites is 1. The molecule has 0 aliphatic rings. The van der Waals surface area contributed by atoms with Crippen LogP contribution in [0.2, 0.25) is 0 Å². The van der Waals surface area contributed by atoms with Crippen LogP contribution < -0.4 is 10.1 Å². The largest absolute Gasteiger partial charge is 0.475 e. The van der Waals surface area contributed by atoms with Crippen molar-refractivity contribution < 1.29 is 9.84 Å². The summed E-state index contributed by atoms with van der Waals surface area (Å²) in [5, 5.41) is 12.1. The van der Waals surface area contributed by atoms with Gasteiger partial charge in [-0.2, -0.15) is 0 Å². The van der Waals surface area contributed by atoms with Gasteiger partial charge in [0.1, 0.15) is 12.0 Å². The standard InChI is InChI=1S/C13H21NO2/c1-9-6-5-7-10(2)13(9)16-12(4)14-11(3)8-15/h5-7,11-12,14-15H,8H2,1-4H3/t11-,12?/m0/s1. The first-order valence-corrected chi connectivity index (χ1v) is 5.64. The smallest absolute Gasteiger partial charge is 0.147 e. The van der Waals surface area contributed by atoms with Crippen molar-refractivity contribution in [3.63, 3.8) is 0 Å². The average molecular weight is 223 g/mol. The van der Waals surface area contributed by atoms with E-state index in [0.717, 1.165) is 16.9 Å². The molecule has 2 atom stereocenters. The van der Waals surface area contributed by atoms with Gasteiger partial charge in [0, 0.05) is 6.04 Å². The number of ether oxygens (including phenoxy) is 1. The summed E-state index contributed by atoms with van der Waals surface area (Å²) in [6.45, 7) is 8.04. The van der Waals surface area contributed by atoms with E-state index in [1.165, 1.54) is 0 Å². The van der Waals surface area contributed by atoms with Crippen molar-refractivity contribution in [2.75, 3.05) is 6.61 Å². The van der Waals surface area contributed by atoms with Crippen LogP contribution in [0.4, 0.5) is 0 Å². The van der Waals surface area contributed by atoms with Crippen molar-refractivity contribution in [3.05, 3.63) is 29.3 Å². The molecule has 16 heavy (non-hydrogen) atoms. The first-order chi connectivity index (χ1) is 7.54. The summed E-state index contributed by atoms with van der Waals surface area (Å²) >= 11 is 0. The Labute approximate surface area is 97.4 Å². The van der Waals surface area contributed by atoms with E-state index in [9.17, 15) is 0 Å². The third kappa shape index (κ3) is 3.51. The zero-order valence-corrected chi connectivity index (χ0v) is 10.4. The molecular formula is C13H21NO2. The topological polar surface area (TPSA) is 41.5 Å². The number of nitrogens with one attached hydrogen (secondary N) is 1. The third-order valence-corrected chi connectivity index (χ3v) is 2.50. The van der Waals surface area contributed by atoms with Crippen LogP contribution >= 0.6 is 0 Å². The summed E-state index contributed by atoms with van der Waals surface area (Å²) in [5.74, 6) is 0.924. The first-order valence-electron chi connectivity index (χ1n) is 5.64. The van der Waals surface area contributed by atoms with E-state index in [0.29, 0.717) is 0 Å². The number of aliphatic hydroxyl groups is 1. The van der Waals surface area contributed by atoms with Crippen LogP contribution in [0.15, 0.2) is 18.2 Å². The van der Waals surface area contributed by atoms with Gasteiger partial charge in [-0.05, 0) is 38.8 Å². The summed E-state index contributed by atoms with van der Waals surface area (Å²) in [5.41, 5.74) is 2.26. The van der Waals surface area contributed by atoms with E-state index >= 15 is 0 Å². The third-order valence-electron chi connectivity index (χ3n) is 2.50. The van der Waals surface area contributed by atoms with E-state index < -0.39 is 0 Å². The minimum absolute atomic E-state index is 0.0410. The SMILES string of the molecule is Cc1cccc(C)c1OC(C)N[C@@H](C)CO. The Hall–Kier alpha value is -1.06. The Morgan fingerprint density at radius 3 is 2.31 bits per heavy atom. The predicted octanol–water partition coefficient (Wildman–Crippen LogP) is 2.00. The molecule has 0 aliphatic carbocycles. The lowest BCUT2D eigenvalue weighted by molar-refractivity contribution is 0.143. The molecule has 2 N–H and O–H groups in total. The molecule has 0 saturated carbocycles. The molecule has 0 aliphatic heterocycles. The van der Waals surface area contributed by atoms with Crippen molar-refractivity contribution >= 4 is 0 Å². The van der Waals surface area contributed by atoms with Gasteiger partial charge in [0.2, 0.25) is 0 Å². The second-order valence-corrected chi connectivity index (χ2v) is 4.23. The van der Waals surface area contributed by atoms with Gasteiger partial charge < -0.3 is 9.84 Å². The summed E-state index contributed by atoms with van der Waals surface area (Å²) in [6.07, 6.45) is -0.109. The Bertz CT molecular complexity index is 318. The summed E-state index contributed by atoms with van der Waals surface area (Å²) in [7, 11) is 0. The van der Waals surface area contributed by atoms with Crippen LogP contribution in [-0.4, -0.2) is 24.0 Å². The molecule has 1 aromatic carbocycles. The van der Waals surface area contributed by atoms with Crippen molar-refractivity contribution in [1.82, 2.24) is 5.32 Å². The van der Waals surface area contributed by atoms with Gasteiger partial charge in [-0.25, -0.2) is 0 Å². The number of benzene rings is 1. The second-order valence-electron chi connectivity index (χ2n) is 4.23. The molecule has 0 fully saturated rings. The van der Waals surface area contributed by atoms with E-state index in [4.69, 9.17) is 9.84 Å². The van der Waals surface area contributed by atoms with Gasteiger partial charge >= 0.3 is 0 Å². The normalized spacial score (nSPS) is 14.6. The van der Waals surface area contributed by atoms with Gasteiger partial charge in [0.25, 0.3) is 0 Å². The second kappa shape index (κ2) is 5.87. The number of aliphatic hydroxyl groups excluding tert-OH is 1. The molecular weight excluding hydrogens is 202 g/mol. The lowest BCUT2D eigenvalue weighted by atomic mass is 10.1.